The van der Waals surface area contributed by atoms with Crippen LogP contribution in [0.1, 0.15) is 40.5 Å². The number of hydrogen-bond donors (Lipinski definition) is 2. The van der Waals surface area contributed by atoms with Gasteiger partial charge >= 0.3 is 0 Å². The quantitative estimate of drug-likeness (QED) is 0.524. The van der Waals surface area contributed by atoms with E-state index in [1.54, 1.807) is 0 Å². The molecule has 0 aromatic heterocycles. The van der Waals surface area contributed by atoms with Crippen LogP contribution in [0.5, 0.6) is 0 Å². The lowest BCUT2D eigenvalue weighted by Gasteiger charge is -2.17. The van der Waals surface area contributed by atoms with Crippen LogP contribution in [0.2, 0.25) is 0 Å². The molecule has 0 radical (unpaired) electrons. The van der Waals surface area contributed by atoms with Gasteiger partial charge in [0.25, 0.3) is 0 Å². The van der Waals surface area contributed by atoms with E-state index in [1.807, 2.05) is 13.8 Å². The third-order valence-corrected chi connectivity index (χ3v) is 3.60. The van der Waals surface area contributed by atoms with E-state index in [-0.39, 0.29) is 11.8 Å². The fraction of sp³-hybridized carbons (Fsp3) is 0.923. The number of aliphatic imine (C=N–C) groups is 1. The molecule has 5 nitrogen and oxygen atoms in total. The molecule has 0 fully saturated rings. The summed E-state index contributed by atoms with van der Waals surface area (Å²) >= 11 is 0. The lowest BCUT2D eigenvalue weighted by molar-refractivity contribution is 0.576. The smallest absolute Gasteiger partial charge is 0.191 e. The Morgan fingerprint density at radius 1 is 1.21 bits per heavy atom. The predicted molar refractivity (Wildman–Crippen MR) is 82.4 cm³/mol. The Hall–Kier alpha value is -0.780. The van der Waals surface area contributed by atoms with Crippen molar-refractivity contribution in [2.45, 2.75) is 46.6 Å². The first kappa shape index (κ1) is 18.2. The number of guanidine groups is 1. The lowest BCUT2D eigenvalue weighted by Crippen LogP contribution is -2.43. The van der Waals surface area contributed by atoms with Crippen molar-refractivity contribution in [3.05, 3.63) is 0 Å². The topological polar surface area (TPSA) is 70.6 Å². The monoisotopic (exact) mass is 291 g/mol. The molecule has 0 aliphatic rings. The zero-order valence-electron chi connectivity index (χ0n) is 12.9. The number of rotatable bonds is 8. The van der Waals surface area contributed by atoms with Gasteiger partial charge in [0.2, 0.25) is 0 Å². The van der Waals surface area contributed by atoms with E-state index in [2.05, 4.69) is 29.5 Å². The van der Waals surface area contributed by atoms with Crippen molar-refractivity contribution in [3.63, 3.8) is 0 Å². The van der Waals surface area contributed by atoms with Crippen LogP contribution in [0, 0.1) is 5.92 Å². The summed E-state index contributed by atoms with van der Waals surface area (Å²) in [6.45, 7) is 9.91. The highest BCUT2D eigenvalue weighted by atomic mass is 32.2. The summed E-state index contributed by atoms with van der Waals surface area (Å²) in [7, 11) is -2.90. The maximum atomic E-state index is 11.1. The standard InChI is InChI=1S/C13H29N3O2S/c1-6-14-13(15-9-7-11(2)3)16-12(4)8-10-19(5,17)18/h11-12H,6-10H2,1-5H3,(H2,14,15,16). The average Bonchev–Trinajstić information content (AvgIpc) is 2.25. The Balaban J connectivity index is 4.24. The molecule has 0 aliphatic heterocycles. The summed E-state index contributed by atoms with van der Waals surface area (Å²) in [6, 6.07) is 0.0894. The minimum atomic E-state index is -2.90. The number of hydrogen-bond acceptors (Lipinski definition) is 3. The molecule has 1 unspecified atom stereocenters. The van der Waals surface area contributed by atoms with E-state index < -0.39 is 9.84 Å². The summed E-state index contributed by atoms with van der Waals surface area (Å²) in [5.74, 6) is 1.60. The SMILES string of the molecule is CCNC(=NCCC(C)C)NC(C)CCS(C)(=O)=O. The van der Waals surface area contributed by atoms with Crippen LogP contribution in [0.4, 0.5) is 0 Å². The molecule has 0 aliphatic carbocycles. The predicted octanol–water partition coefficient (Wildman–Crippen LogP) is 1.41. The molecular formula is C13H29N3O2S. The second-order valence-electron chi connectivity index (χ2n) is 5.41. The van der Waals surface area contributed by atoms with Gasteiger partial charge in [-0.15, -0.1) is 0 Å². The Morgan fingerprint density at radius 2 is 1.84 bits per heavy atom. The lowest BCUT2D eigenvalue weighted by atomic mass is 10.1. The molecular weight excluding hydrogens is 262 g/mol. The van der Waals surface area contributed by atoms with Gasteiger partial charge in [-0.2, -0.15) is 0 Å². The molecule has 0 saturated heterocycles. The van der Waals surface area contributed by atoms with E-state index in [1.165, 1.54) is 6.26 Å². The molecule has 0 aromatic rings. The van der Waals surface area contributed by atoms with Crippen molar-refractivity contribution in [2.75, 3.05) is 25.1 Å². The first-order chi connectivity index (χ1) is 8.74. The van der Waals surface area contributed by atoms with E-state index in [0.717, 1.165) is 25.5 Å². The third kappa shape index (κ3) is 12.0. The Bertz CT molecular complexity index is 364. The zero-order valence-corrected chi connectivity index (χ0v) is 13.7. The first-order valence-corrected chi connectivity index (χ1v) is 9.03. The van der Waals surface area contributed by atoms with Crippen LogP contribution < -0.4 is 10.6 Å². The molecule has 2 N–H and O–H groups in total. The van der Waals surface area contributed by atoms with E-state index >= 15 is 0 Å². The third-order valence-electron chi connectivity index (χ3n) is 2.63. The van der Waals surface area contributed by atoms with E-state index in [0.29, 0.717) is 12.3 Å². The molecule has 0 bridgehead atoms. The van der Waals surface area contributed by atoms with Crippen molar-refractivity contribution in [2.24, 2.45) is 10.9 Å². The van der Waals surface area contributed by atoms with E-state index in [4.69, 9.17) is 0 Å². The second-order valence-corrected chi connectivity index (χ2v) is 7.67. The van der Waals surface area contributed by atoms with Gasteiger partial charge in [0.05, 0.1) is 5.75 Å². The fourth-order valence-electron chi connectivity index (χ4n) is 1.45. The largest absolute Gasteiger partial charge is 0.357 e. The minimum absolute atomic E-state index is 0.0894. The molecule has 0 rings (SSSR count). The Labute approximate surface area is 118 Å². The molecule has 0 saturated carbocycles. The summed E-state index contributed by atoms with van der Waals surface area (Å²) in [6.07, 6.45) is 2.91. The number of nitrogens with one attached hydrogen (secondary N) is 2. The summed E-state index contributed by atoms with van der Waals surface area (Å²) in [5.41, 5.74) is 0. The summed E-state index contributed by atoms with van der Waals surface area (Å²) in [5, 5.41) is 6.41. The summed E-state index contributed by atoms with van der Waals surface area (Å²) in [4.78, 5) is 4.48. The molecule has 6 heteroatoms. The van der Waals surface area contributed by atoms with Gasteiger partial charge < -0.3 is 10.6 Å². The van der Waals surface area contributed by atoms with Gasteiger partial charge in [-0.05, 0) is 32.6 Å². The van der Waals surface area contributed by atoms with Gasteiger partial charge in [-0.1, -0.05) is 13.8 Å². The molecule has 19 heavy (non-hydrogen) atoms. The molecule has 0 amide bonds. The molecule has 0 aromatic carbocycles. The maximum absolute atomic E-state index is 11.1. The highest BCUT2D eigenvalue weighted by Crippen LogP contribution is 1.99. The number of nitrogens with zero attached hydrogens (tertiary/aromatic N) is 1. The fourth-order valence-corrected chi connectivity index (χ4v) is 2.23. The normalized spacial score (nSPS) is 14.5. The molecule has 114 valence electrons. The van der Waals surface area contributed by atoms with Crippen LogP contribution in [0.3, 0.4) is 0 Å². The van der Waals surface area contributed by atoms with Crippen LogP contribution in [0.25, 0.3) is 0 Å². The minimum Gasteiger partial charge on any atom is -0.357 e. The van der Waals surface area contributed by atoms with Gasteiger partial charge in [0, 0.05) is 25.4 Å². The van der Waals surface area contributed by atoms with Gasteiger partial charge in [0.1, 0.15) is 9.84 Å². The highest BCUT2D eigenvalue weighted by Gasteiger charge is 2.09. The Kier molecular flexibility index (Phi) is 8.80. The van der Waals surface area contributed by atoms with Crippen molar-refractivity contribution in [1.29, 1.82) is 0 Å². The molecule has 0 spiro atoms. The first-order valence-electron chi connectivity index (χ1n) is 6.97. The van der Waals surface area contributed by atoms with Crippen molar-refractivity contribution in [3.8, 4) is 0 Å². The van der Waals surface area contributed by atoms with Crippen molar-refractivity contribution >= 4 is 15.8 Å². The van der Waals surface area contributed by atoms with Gasteiger partial charge in [0.15, 0.2) is 5.96 Å². The summed E-state index contributed by atoms with van der Waals surface area (Å²) < 4.78 is 22.2. The highest BCUT2D eigenvalue weighted by molar-refractivity contribution is 7.90. The van der Waals surface area contributed by atoms with Gasteiger partial charge in [-0.3, -0.25) is 4.99 Å². The zero-order chi connectivity index (χ0) is 14.9. The van der Waals surface area contributed by atoms with Gasteiger partial charge in [-0.25, -0.2) is 8.42 Å². The van der Waals surface area contributed by atoms with Crippen LogP contribution in [0.15, 0.2) is 4.99 Å². The van der Waals surface area contributed by atoms with Crippen molar-refractivity contribution < 1.29 is 8.42 Å². The molecule has 1 atom stereocenters. The van der Waals surface area contributed by atoms with E-state index in [9.17, 15) is 8.42 Å². The Morgan fingerprint density at radius 3 is 2.32 bits per heavy atom. The number of sulfone groups is 1. The second kappa shape index (κ2) is 9.18. The average molecular weight is 291 g/mol. The maximum Gasteiger partial charge on any atom is 0.191 e. The van der Waals surface area contributed by atoms with Crippen LogP contribution in [-0.2, 0) is 9.84 Å². The van der Waals surface area contributed by atoms with Crippen LogP contribution >= 0.6 is 0 Å². The van der Waals surface area contributed by atoms with Crippen molar-refractivity contribution in [1.82, 2.24) is 10.6 Å². The molecule has 0 heterocycles. The van der Waals surface area contributed by atoms with Crippen LogP contribution in [-0.4, -0.2) is 45.5 Å².